The Bertz CT molecular complexity index is 975. The molecule has 34 heavy (non-hydrogen) atoms. The Hall–Kier alpha value is -2.54. The SMILES string of the molecule is CCc1ccc(OCC(=O)N(Cc2cccc(OC)c2)C(C)C(=O)NC2CCCCC2)c(Br)c1. The second-order valence-corrected chi connectivity index (χ2v) is 9.65. The molecule has 0 bridgehead atoms. The number of benzene rings is 2. The van der Waals surface area contributed by atoms with Crippen molar-refractivity contribution < 1.29 is 19.1 Å². The summed E-state index contributed by atoms with van der Waals surface area (Å²) in [7, 11) is 1.61. The zero-order chi connectivity index (χ0) is 24.5. The van der Waals surface area contributed by atoms with Gasteiger partial charge in [-0.25, -0.2) is 0 Å². The molecule has 1 unspecified atom stereocenters. The number of nitrogens with one attached hydrogen (secondary N) is 1. The molecule has 3 rings (SSSR count). The van der Waals surface area contributed by atoms with Crippen LogP contribution >= 0.6 is 15.9 Å². The van der Waals surface area contributed by atoms with Crippen LogP contribution in [-0.2, 0) is 22.6 Å². The largest absolute Gasteiger partial charge is 0.497 e. The molecule has 184 valence electrons. The number of hydrogen-bond donors (Lipinski definition) is 1. The molecule has 0 spiro atoms. The summed E-state index contributed by atoms with van der Waals surface area (Å²) in [4.78, 5) is 28.0. The zero-order valence-electron chi connectivity index (χ0n) is 20.3. The number of carbonyl (C=O) groups excluding carboxylic acids is 2. The van der Waals surface area contributed by atoms with Crippen LogP contribution in [-0.4, -0.2) is 42.5 Å². The molecular formula is C27H35BrN2O4. The number of hydrogen-bond acceptors (Lipinski definition) is 4. The van der Waals surface area contributed by atoms with Crippen LogP contribution in [0, 0.1) is 0 Å². The average molecular weight is 531 g/mol. The van der Waals surface area contributed by atoms with Crippen LogP contribution in [0.3, 0.4) is 0 Å². The number of ether oxygens (including phenoxy) is 2. The molecule has 1 N–H and O–H groups in total. The summed E-state index contributed by atoms with van der Waals surface area (Å²) >= 11 is 3.52. The average Bonchev–Trinajstić information content (AvgIpc) is 2.86. The maximum absolute atomic E-state index is 13.3. The third kappa shape index (κ3) is 7.23. The molecule has 7 heteroatoms. The van der Waals surface area contributed by atoms with Crippen molar-refractivity contribution in [3.63, 3.8) is 0 Å². The van der Waals surface area contributed by atoms with Gasteiger partial charge in [0, 0.05) is 12.6 Å². The van der Waals surface area contributed by atoms with Crippen LogP contribution in [0.1, 0.15) is 57.1 Å². The van der Waals surface area contributed by atoms with Gasteiger partial charge in [0.2, 0.25) is 5.91 Å². The number of methoxy groups -OCH3 is 1. The van der Waals surface area contributed by atoms with Crippen molar-refractivity contribution in [1.82, 2.24) is 10.2 Å². The van der Waals surface area contributed by atoms with Crippen molar-refractivity contribution >= 4 is 27.7 Å². The van der Waals surface area contributed by atoms with Crippen LogP contribution in [0.15, 0.2) is 46.9 Å². The van der Waals surface area contributed by atoms with Crippen LogP contribution < -0.4 is 14.8 Å². The Morgan fingerprint density at radius 2 is 1.88 bits per heavy atom. The molecule has 0 aromatic heterocycles. The van der Waals surface area contributed by atoms with Crippen LogP contribution in [0.4, 0.5) is 0 Å². The van der Waals surface area contributed by atoms with Gasteiger partial charge in [0.15, 0.2) is 6.61 Å². The Morgan fingerprint density at radius 3 is 2.56 bits per heavy atom. The molecular weight excluding hydrogens is 496 g/mol. The van der Waals surface area contributed by atoms with E-state index < -0.39 is 6.04 Å². The molecule has 1 aliphatic carbocycles. The van der Waals surface area contributed by atoms with Gasteiger partial charge < -0.3 is 19.7 Å². The number of amides is 2. The Morgan fingerprint density at radius 1 is 1.12 bits per heavy atom. The van der Waals surface area contributed by atoms with Crippen LogP contribution in [0.25, 0.3) is 0 Å². The highest BCUT2D eigenvalue weighted by Crippen LogP contribution is 2.26. The minimum Gasteiger partial charge on any atom is -0.497 e. The number of carbonyl (C=O) groups is 2. The van der Waals surface area contributed by atoms with Crippen molar-refractivity contribution in [3.05, 3.63) is 58.1 Å². The minimum atomic E-state index is -0.630. The lowest BCUT2D eigenvalue weighted by atomic mass is 9.95. The van der Waals surface area contributed by atoms with Crippen molar-refractivity contribution in [2.45, 2.75) is 71.0 Å². The highest BCUT2D eigenvalue weighted by atomic mass is 79.9. The van der Waals surface area contributed by atoms with Gasteiger partial charge in [0.1, 0.15) is 17.5 Å². The molecule has 1 atom stereocenters. The van der Waals surface area contributed by atoms with Gasteiger partial charge in [-0.2, -0.15) is 0 Å². The van der Waals surface area contributed by atoms with E-state index in [1.807, 2.05) is 42.5 Å². The van der Waals surface area contributed by atoms with Crippen LogP contribution in [0.2, 0.25) is 0 Å². The fourth-order valence-electron chi connectivity index (χ4n) is 4.22. The third-order valence-corrected chi connectivity index (χ3v) is 6.98. The molecule has 2 amide bonds. The first-order chi connectivity index (χ1) is 16.4. The quantitative estimate of drug-likeness (QED) is 0.454. The molecule has 0 radical (unpaired) electrons. The number of rotatable bonds is 10. The van der Waals surface area contributed by atoms with Gasteiger partial charge in [-0.05, 0) is 77.5 Å². The topological polar surface area (TPSA) is 67.9 Å². The summed E-state index contributed by atoms with van der Waals surface area (Å²) in [5, 5.41) is 3.15. The Kier molecular flexibility index (Phi) is 9.81. The number of aryl methyl sites for hydroxylation is 1. The van der Waals surface area contributed by atoms with E-state index in [1.54, 1.807) is 18.9 Å². The smallest absolute Gasteiger partial charge is 0.261 e. The normalized spacial score (nSPS) is 14.8. The number of halogens is 1. The molecule has 1 aliphatic rings. The number of nitrogens with zero attached hydrogens (tertiary/aromatic N) is 1. The van der Waals surface area contributed by atoms with E-state index >= 15 is 0 Å². The second-order valence-electron chi connectivity index (χ2n) is 8.80. The first-order valence-corrected chi connectivity index (χ1v) is 12.8. The lowest BCUT2D eigenvalue weighted by Gasteiger charge is -2.31. The summed E-state index contributed by atoms with van der Waals surface area (Å²) in [6.07, 6.45) is 6.38. The van der Waals surface area contributed by atoms with Gasteiger partial charge in [0.25, 0.3) is 5.91 Å². The highest BCUT2D eigenvalue weighted by molar-refractivity contribution is 9.10. The standard InChI is InChI=1S/C27H35BrN2O4/c1-4-20-13-14-25(24(28)16-20)34-18-26(31)30(17-21-9-8-12-23(15-21)33-3)19(2)27(32)29-22-10-6-5-7-11-22/h8-9,12-16,19,22H,4-7,10-11,17-18H2,1-3H3,(H,29,32). The maximum atomic E-state index is 13.3. The molecule has 1 fully saturated rings. The lowest BCUT2D eigenvalue weighted by molar-refractivity contribution is -0.142. The molecule has 0 saturated heterocycles. The summed E-state index contributed by atoms with van der Waals surface area (Å²) in [5.74, 6) is 0.934. The third-order valence-electron chi connectivity index (χ3n) is 6.36. The summed E-state index contributed by atoms with van der Waals surface area (Å²) in [5.41, 5.74) is 2.07. The van der Waals surface area contributed by atoms with E-state index in [0.717, 1.165) is 42.1 Å². The lowest BCUT2D eigenvalue weighted by Crippen LogP contribution is -2.51. The van der Waals surface area contributed by atoms with Gasteiger partial charge in [-0.3, -0.25) is 9.59 Å². The van der Waals surface area contributed by atoms with Gasteiger partial charge in [-0.15, -0.1) is 0 Å². The molecule has 6 nitrogen and oxygen atoms in total. The van der Waals surface area contributed by atoms with Gasteiger partial charge >= 0.3 is 0 Å². The van der Waals surface area contributed by atoms with E-state index in [2.05, 4.69) is 28.2 Å². The van der Waals surface area contributed by atoms with E-state index in [-0.39, 0.29) is 31.0 Å². The van der Waals surface area contributed by atoms with Crippen molar-refractivity contribution in [2.75, 3.05) is 13.7 Å². The van der Waals surface area contributed by atoms with Crippen molar-refractivity contribution in [3.8, 4) is 11.5 Å². The first kappa shape index (κ1) is 26.1. The summed E-state index contributed by atoms with van der Waals surface area (Å²) in [6.45, 7) is 3.99. The predicted molar refractivity (Wildman–Crippen MR) is 137 cm³/mol. The fourth-order valence-corrected chi connectivity index (χ4v) is 4.76. The zero-order valence-corrected chi connectivity index (χ0v) is 21.9. The summed E-state index contributed by atoms with van der Waals surface area (Å²) in [6, 6.07) is 12.9. The van der Waals surface area contributed by atoms with E-state index in [4.69, 9.17) is 9.47 Å². The predicted octanol–water partition coefficient (Wildman–Crippen LogP) is 5.27. The van der Waals surface area contributed by atoms with Crippen LogP contribution in [0.5, 0.6) is 11.5 Å². The first-order valence-electron chi connectivity index (χ1n) is 12.0. The molecule has 0 heterocycles. The molecule has 0 aliphatic heterocycles. The Labute approximate surface area is 211 Å². The van der Waals surface area contributed by atoms with Crippen molar-refractivity contribution in [2.24, 2.45) is 0 Å². The van der Waals surface area contributed by atoms with Gasteiger partial charge in [0.05, 0.1) is 11.6 Å². The van der Waals surface area contributed by atoms with Gasteiger partial charge in [-0.1, -0.05) is 44.4 Å². The monoisotopic (exact) mass is 530 g/mol. The fraction of sp³-hybridized carbons (Fsp3) is 0.481. The molecule has 1 saturated carbocycles. The van der Waals surface area contributed by atoms with Crippen molar-refractivity contribution in [1.29, 1.82) is 0 Å². The minimum absolute atomic E-state index is 0.128. The summed E-state index contributed by atoms with van der Waals surface area (Å²) < 4.78 is 12.0. The van der Waals surface area contributed by atoms with E-state index in [0.29, 0.717) is 11.5 Å². The highest BCUT2D eigenvalue weighted by Gasteiger charge is 2.28. The second kappa shape index (κ2) is 12.8. The molecule has 2 aromatic carbocycles. The van der Waals surface area contributed by atoms with E-state index in [9.17, 15) is 9.59 Å². The molecule has 2 aromatic rings. The Balaban J connectivity index is 1.73. The maximum Gasteiger partial charge on any atom is 0.261 e. The van der Waals surface area contributed by atoms with E-state index in [1.165, 1.54) is 12.0 Å².